The molecular formula is C24H20FN6O+. The van der Waals surface area contributed by atoms with Crippen LogP contribution in [0.3, 0.4) is 0 Å². The number of nitrogens with one attached hydrogen (secondary N) is 1. The lowest BCUT2D eigenvalue weighted by atomic mass is 10.1. The largest absolute Gasteiger partial charge is 0.306 e. The Morgan fingerprint density at radius 1 is 1.09 bits per heavy atom. The summed E-state index contributed by atoms with van der Waals surface area (Å²) in [7, 11) is 0. The molecule has 0 bridgehead atoms. The Labute approximate surface area is 183 Å². The number of nitrogens with zero attached hydrogens (tertiary/aromatic N) is 4. The molecule has 0 fully saturated rings. The Balaban J connectivity index is 1.43. The molecule has 3 N–H and O–H groups in total. The number of pyridine rings is 2. The highest BCUT2D eigenvalue weighted by atomic mass is 19.1. The van der Waals surface area contributed by atoms with Crippen molar-refractivity contribution in [2.45, 2.75) is 13.3 Å². The number of amides is 1. The zero-order valence-corrected chi connectivity index (χ0v) is 17.3. The molecule has 1 aliphatic heterocycles. The molecule has 1 aromatic carbocycles. The number of halogens is 1. The van der Waals surface area contributed by atoms with Gasteiger partial charge >= 0.3 is 0 Å². The number of aromatic nitrogens is 3. The van der Waals surface area contributed by atoms with Crippen molar-refractivity contribution in [3.63, 3.8) is 0 Å². The highest BCUT2D eigenvalue weighted by Gasteiger charge is 2.16. The van der Waals surface area contributed by atoms with E-state index >= 15 is 0 Å². The van der Waals surface area contributed by atoms with Gasteiger partial charge in [0.1, 0.15) is 23.5 Å². The molecule has 0 saturated heterocycles. The first kappa shape index (κ1) is 19.8. The van der Waals surface area contributed by atoms with Gasteiger partial charge in [-0.05, 0) is 42.3 Å². The van der Waals surface area contributed by atoms with Crippen molar-refractivity contribution < 1.29 is 14.6 Å². The van der Waals surface area contributed by atoms with Gasteiger partial charge in [-0.25, -0.2) is 14.4 Å². The number of fused-ring (bicyclic) bond motifs is 1. The third-order valence-electron chi connectivity index (χ3n) is 5.38. The molecule has 0 atom stereocenters. The Bertz CT molecular complexity index is 1390. The van der Waals surface area contributed by atoms with Crippen LogP contribution in [0.15, 0.2) is 72.4 Å². The molecule has 4 heterocycles. The normalized spacial score (nSPS) is 12.9. The van der Waals surface area contributed by atoms with E-state index in [4.69, 9.17) is 0 Å². The third kappa shape index (κ3) is 3.67. The summed E-state index contributed by atoms with van der Waals surface area (Å²) in [5, 5.41) is 6.75. The van der Waals surface area contributed by atoms with Gasteiger partial charge in [0, 0.05) is 23.5 Å². The van der Waals surface area contributed by atoms with Crippen molar-refractivity contribution in [3.8, 4) is 11.3 Å². The number of quaternary nitrogens is 1. The smallest absolute Gasteiger partial charge is 0.259 e. The molecule has 32 heavy (non-hydrogen) atoms. The standard InChI is InChI=1S/C24H19FN6O/c1-2-15-3-7-22(26-10-15)30-24(32)19-6-4-16(9-20(19)25)21-13-27-23-8-5-17(14-31(21)23)18-11-28-29-12-18/h3-14H,2H2,1H3,(H,28,29)(H,26,30,32)/p+1. The zero-order chi connectivity index (χ0) is 22.1. The van der Waals surface area contributed by atoms with Crippen molar-refractivity contribution in [1.29, 1.82) is 0 Å². The molecule has 0 unspecified atom stereocenters. The second-order valence-corrected chi connectivity index (χ2v) is 7.39. The fourth-order valence-corrected chi connectivity index (χ4v) is 3.58. The van der Waals surface area contributed by atoms with E-state index in [0.29, 0.717) is 11.4 Å². The first-order valence-corrected chi connectivity index (χ1v) is 10.2. The Morgan fingerprint density at radius 2 is 1.97 bits per heavy atom. The van der Waals surface area contributed by atoms with Gasteiger partial charge in [0.2, 0.25) is 0 Å². The quantitative estimate of drug-likeness (QED) is 0.479. The molecule has 0 saturated carbocycles. The lowest BCUT2D eigenvalue weighted by Gasteiger charge is -2.08. The summed E-state index contributed by atoms with van der Waals surface area (Å²) in [6.07, 6.45) is 9.89. The first-order valence-electron chi connectivity index (χ1n) is 10.2. The molecular weight excluding hydrogens is 407 g/mol. The number of nitrogens with two attached hydrogens (primary N) is 1. The number of carbonyl (C=O) groups excluding carboxylic acids is 1. The number of carbonyl (C=O) groups is 1. The van der Waals surface area contributed by atoms with Gasteiger partial charge in [-0.1, -0.05) is 24.2 Å². The second-order valence-electron chi connectivity index (χ2n) is 7.39. The molecule has 7 nitrogen and oxygen atoms in total. The number of rotatable bonds is 5. The van der Waals surface area contributed by atoms with Gasteiger partial charge in [0.05, 0.1) is 29.2 Å². The molecule has 1 amide bonds. The van der Waals surface area contributed by atoms with Gasteiger partial charge in [-0.3, -0.25) is 9.20 Å². The minimum absolute atomic E-state index is 0.0486. The maximum absolute atomic E-state index is 14.9. The van der Waals surface area contributed by atoms with Crippen LogP contribution in [0.4, 0.5) is 10.2 Å². The number of aryl methyl sites for hydroxylation is 1. The second kappa shape index (κ2) is 8.16. The Hall–Kier alpha value is -4.17. The van der Waals surface area contributed by atoms with E-state index in [1.54, 1.807) is 36.2 Å². The van der Waals surface area contributed by atoms with E-state index in [1.165, 1.54) is 12.1 Å². The SMILES string of the molecule is CCc1ccc(NC(=O)c2ccc(-c3cnc4ccc(C5=C[NH2+]N=C5)cn34)cc2F)nc1. The number of anilines is 1. The van der Waals surface area contributed by atoms with Gasteiger partial charge in [-0.15, -0.1) is 0 Å². The molecule has 1 aliphatic rings. The number of imidazole rings is 1. The average Bonchev–Trinajstić information content (AvgIpc) is 3.49. The van der Waals surface area contributed by atoms with Crippen LogP contribution in [0.1, 0.15) is 28.4 Å². The van der Waals surface area contributed by atoms with Gasteiger partial charge in [0.25, 0.3) is 5.91 Å². The van der Waals surface area contributed by atoms with Crippen LogP contribution >= 0.6 is 0 Å². The van der Waals surface area contributed by atoms with Crippen molar-refractivity contribution >= 4 is 29.2 Å². The maximum Gasteiger partial charge on any atom is 0.259 e. The zero-order valence-electron chi connectivity index (χ0n) is 17.3. The van der Waals surface area contributed by atoms with Crippen LogP contribution in [0.25, 0.3) is 22.5 Å². The number of hydrogen-bond acceptors (Lipinski definition) is 4. The van der Waals surface area contributed by atoms with Gasteiger partial charge in [-0.2, -0.15) is 5.43 Å². The Morgan fingerprint density at radius 3 is 2.69 bits per heavy atom. The topological polar surface area (TPSA) is 88.3 Å². The van der Waals surface area contributed by atoms with Crippen LogP contribution < -0.4 is 10.7 Å². The fourth-order valence-electron chi connectivity index (χ4n) is 3.58. The number of benzene rings is 1. The summed E-state index contributed by atoms with van der Waals surface area (Å²) in [6, 6.07) is 12.0. The van der Waals surface area contributed by atoms with E-state index in [0.717, 1.165) is 34.5 Å². The van der Waals surface area contributed by atoms with Crippen LogP contribution in [0.2, 0.25) is 0 Å². The van der Waals surface area contributed by atoms with Gasteiger partial charge < -0.3 is 5.32 Å². The minimum atomic E-state index is -0.614. The monoisotopic (exact) mass is 427 g/mol. The summed E-state index contributed by atoms with van der Waals surface area (Å²) in [6.45, 7) is 2.02. The summed E-state index contributed by atoms with van der Waals surface area (Å²) in [5.74, 6) is -0.779. The van der Waals surface area contributed by atoms with Crippen LogP contribution in [0, 0.1) is 5.82 Å². The Kier molecular flexibility index (Phi) is 5.04. The van der Waals surface area contributed by atoms with E-state index in [9.17, 15) is 9.18 Å². The first-order chi connectivity index (χ1) is 15.6. The molecule has 0 spiro atoms. The number of hydrogen-bond donors (Lipinski definition) is 2. The van der Waals surface area contributed by atoms with E-state index in [2.05, 4.69) is 20.4 Å². The van der Waals surface area contributed by atoms with Crippen molar-refractivity contribution in [2.75, 3.05) is 5.32 Å². The van der Waals surface area contributed by atoms with Crippen LogP contribution in [-0.2, 0) is 6.42 Å². The van der Waals surface area contributed by atoms with Gasteiger partial charge in [0.15, 0.2) is 0 Å². The lowest BCUT2D eigenvalue weighted by molar-refractivity contribution is -0.589. The highest BCUT2D eigenvalue weighted by Crippen LogP contribution is 2.25. The molecule has 8 heteroatoms. The molecule has 0 aliphatic carbocycles. The summed E-state index contributed by atoms with van der Waals surface area (Å²) < 4.78 is 16.8. The molecule has 0 radical (unpaired) electrons. The predicted octanol–water partition coefficient (Wildman–Crippen LogP) is 3.25. The number of allylic oxidation sites excluding steroid dienone is 1. The van der Waals surface area contributed by atoms with E-state index in [1.807, 2.05) is 41.9 Å². The van der Waals surface area contributed by atoms with E-state index < -0.39 is 11.7 Å². The van der Waals surface area contributed by atoms with Crippen molar-refractivity contribution in [1.82, 2.24) is 14.4 Å². The minimum Gasteiger partial charge on any atom is -0.306 e. The van der Waals surface area contributed by atoms with E-state index in [-0.39, 0.29) is 5.56 Å². The predicted molar refractivity (Wildman–Crippen MR) is 121 cm³/mol. The highest BCUT2D eigenvalue weighted by molar-refractivity contribution is 6.09. The fraction of sp³-hybridized carbons (Fsp3) is 0.0833. The van der Waals surface area contributed by atoms with Crippen LogP contribution in [0.5, 0.6) is 0 Å². The summed E-state index contributed by atoms with van der Waals surface area (Å²) in [5.41, 5.74) is 6.81. The molecule has 158 valence electrons. The summed E-state index contributed by atoms with van der Waals surface area (Å²) >= 11 is 0. The molecule has 4 aromatic rings. The van der Waals surface area contributed by atoms with Crippen molar-refractivity contribution in [3.05, 3.63) is 89.8 Å². The van der Waals surface area contributed by atoms with Crippen molar-refractivity contribution in [2.24, 2.45) is 5.10 Å². The average molecular weight is 427 g/mol. The maximum atomic E-state index is 14.9. The van der Waals surface area contributed by atoms with Crippen LogP contribution in [-0.4, -0.2) is 26.5 Å². The summed E-state index contributed by atoms with van der Waals surface area (Å²) in [4.78, 5) is 21.2. The third-order valence-corrected chi connectivity index (χ3v) is 5.38. The molecule has 5 rings (SSSR count). The lowest BCUT2D eigenvalue weighted by Crippen LogP contribution is -2.69. The molecule has 3 aromatic heterocycles.